The van der Waals surface area contributed by atoms with Crippen LogP contribution >= 0.6 is 0 Å². The predicted molar refractivity (Wildman–Crippen MR) is 148 cm³/mol. The summed E-state index contributed by atoms with van der Waals surface area (Å²) >= 11 is 0. The van der Waals surface area contributed by atoms with Crippen molar-refractivity contribution in [2.45, 2.75) is 13.8 Å². The first-order valence-electron chi connectivity index (χ1n) is 12.2. The number of aryl methyl sites for hydroxylation is 2. The Balaban J connectivity index is 1.55. The minimum absolute atomic E-state index is 0.540. The summed E-state index contributed by atoms with van der Waals surface area (Å²) in [6.07, 6.45) is 0. The highest BCUT2D eigenvalue weighted by molar-refractivity contribution is 5.64. The number of nitrogens with one attached hydrogen (secondary N) is 1. The minimum Gasteiger partial charge on any atom is -0.497 e. The van der Waals surface area contributed by atoms with Crippen molar-refractivity contribution in [1.82, 2.24) is 19.0 Å². The first kappa shape index (κ1) is 23.9. The Morgan fingerprint density at radius 3 is 1.59 bits per heavy atom. The molecule has 0 aliphatic rings. The second kappa shape index (κ2) is 10.1. The van der Waals surface area contributed by atoms with Crippen molar-refractivity contribution in [2.75, 3.05) is 12.5 Å². The molecule has 0 spiro atoms. The zero-order valence-electron chi connectivity index (χ0n) is 21.5. The molecule has 3 heterocycles. The molecule has 3 aromatic heterocycles. The lowest BCUT2D eigenvalue weighted by molar-refractivity contribution is 0.415. The van der Waals surface area contributed by atoms with Gasteiger partial charge in [-0.25, -0.2) is 19.0 Å². The molecule has 11 heteroatoms. The van der Waals surface area contributed by atoms with Gasteiger partial charge in [-0.3, -0.25) is 5.43 Å². The number of fused-ring (bicyclic) bond motifs is 3. The molecule has 1 N–H and O–H groups in total. The number of hydrogen-bond acceptors (Lipinski definition) is 9. The molecule has 0 aliphatic heterocycles. The fourth-order valence-corrected chi connectivity index (χ4v) is 4.12. The molecule has 0 saturated carbocycles. The van der Waals surface area contributed by atoms with E-state index >= 15 is 0 Å². The monoisotopic (exact) mass is 516 g/mol. The highest BCUT2D eigenvalue weighted by atomic mass is 16.5. The SMILES string of the molecule is COc1ccc(NN=c2c3nc(C)c(N=Nc4ccccc4)n3n3c(N=Nc4ccccc4)c(C)nc23)cc1. The topological polar surface area (TPSA) is 118 Å². The van der Waals surface area contributed by atoms with E-state index in [9.17, 15) is 0 Å². The van der Waals surface area contributed by atoms with Crippen molar-refractivity contribution in [3.05, 3.63) is 102 Å². The van der Waals surface area contributed by atoms with Crippen molar-refractivity contribution < 1.29 is 4.74 Å². The number of benzene rings is 3. The summed E-state index contributed by atoms with van der Waals surface area (Å²) in [5.74, 6) is 1.84. The zero-order chi connectivity index (χ0) is 26.8. The number of methoxy groups -OCH3 is 1. The number of hydrogen-bond donors (Lipinski definition) is 1. The molecular weight excluding hydrogens is 492 g/mol. The highest BCUT2D eigenvalue weighted by Gasteiger charge is 2.23. The molecule has 39 heavy (non-hydrogen) atoms. The molecule has 0 amide bonds. The van der Waals surface area contributed by atoms with Crippen LogP contribution in [0.1, 0.15) is 11.4 Å². The molecule has 11 nitrogen and oxygen atoms in total. The van der Waals surface area contributed by atoms with Crippen LogP contribution < -0.4 is 15.5 Å². The molecule has 0 saturated heterocycles. The second-order valence-corrected chi connectivity index (χ2v) is 8.68. The van der Waals surface area contributed by atoms with Gasteiger partial charge < -0.3 is 4.74 Å². The molecule has 3 aromatic carbocycles. The molecule has 0 aliphatic carbocycles. The lowest BCUT2D eigenvalue weighted by atomic mass is 10.3. The number of imidazole rings is 2. The smallest absolute Gasteiger partial charge is 0.198 e. The number of anilines is 1. The summed E-state index contributed by atoms with van der Waals surface area (Å²) in [7, 11) is 1.63. The zero-order valence-corrected chi connectivity index (χ0v) is 21.5. The third kappa shape index (κ3) is 4.57. The number of azo groups is 2. The lowest BCUT2D eigenvalue weighted by Gasteiger charge is -2.01. The van der Waals surface area contributed by atoms with Gasteiger partial charge in [0.1, 0.15) is 5.75 Å². The van der Waals surface area contributed by atoms with Gasteiger partial charge in [-0.05, 0) is 62.4 Å². The molecule has 0 unspecified atom stereocenters. The van der Waals surface area contributed by atoms with Gasteiger partial charge in [-0.1, -0.05) is 36.4 Å². The van der Waals surface area contributed by atoms with E-state index in [4.69, 9.17) is 19.8 Å². The van der Waals surface area contributed by atoms with E-state index in [1.54, 1.807) is 7.11 Å². The summed E-state index contributed by atoms with van der Waals surface area (Å²) < 4.78 is 8.90. The van der Waals surface area contributed by atoms with Crippen molar-refractivity contribution in [3.63, 3.8) is 0 Å². The molecule has 6 aromatic rings. The fraction of sp³-hybridized carbons (Fsp3) is 0.107. The first-order valence-corrected chi connectivity index (χ1v) is 12.2. The molecule has 192 valence electrons. The Morgan fingerprint density at radius 1 is 0.641 bits per heavy atom. The van der Waals surface area contributed by atoms with Gasteiger partial charge in [0.25, 0.3) is 0 Å². The van der Waals surface area contributed by atoms with E-state index in [1.807, 2.05) is 108 Å². The largest absolute Gasteiger partial charge is 0.497 e. The van der Waals surface area contributed by atoms with Crippen LogP contribution in [0.15, 0.2) is 110 Å². The summed E-state index contributed by atoms with van der Waals surface area (Å²) in [6.45, 7) is 3.77. The number of aromatic nitrogens is 4. The summed E-state index contributed by atoms with van der Waals surface area (Å²) in [4.78, 5) is 9.57. The molecule has 0 bridgehead atoms. The molecular formula is C28H24N10O. The maximum Gasteiger partial charge on any atom is 0.198 e. The number of nitrogens with zero attached hydrogens (tertiary/aromatic N) is 9. The summed E-state index contributed by atoms with van der Waals surface area (Å²) in [5.41, 5.74) is 7.85. The first-order chi connectivity index (χ1) is 19.1. The van der Waals surface area contributed by atoms with Gasteiger partial charge in [0, 0.05) is 0 Å². The van der Waals surface area contributed by atoms with Gasteiger partial charge in [0.05, 0.1) is 35.6 Å². The van der Waals surface area contributed by atoms with E-state index in [0.717, 1.165) is 22.8 Å². The normalized spacial score (nSPS) is 11.8. The van der Waals surface area contributed by atoms with E-state index < -0.39 is 0 Å². The third-order valence-corrected chi connectivity index (χ3v) is 6.04. The van der Waals surface area contributed by atoms with E-state index in [1.165, 1.54) is 0 Å². The predicted octanol–water partition coefficient (Wildman–Crippen LogP) is 6.80. The molecule has 0 atom stereocenters. The van der Waals surface area contributed by atoms with Crippen LogP contribution in [0.4, 0.5) is 28.7 Å². The van der Waals surface area contributed by atoms with E-state index in [-0.39, 0.29) is 0 Å². The van der Waals surface area contributed by atoms with Crippen LogP contribution in [-0.4, -0.2) is 26.1 Å². The Morgan fingerprint density at radius 2 is 1.13 bits per heavy atom. The Labute approximate surface area is 223 Å². The molecule has 6 rings (SSSR count). The van der Waals surface area contributed by atoms with Gasteiger partial charge in [-0.2, -0.15) is 5.10 Å². The van der Waals surface area contributed by atoms with Gasteiger partial charge in [-0.15, -0.1) is 20.5 Å². The summed E-state index contributed by atoms with van der Waals surface area (Å²) in [5, 5.41) is 23.2. The van der Waals surface area contributed by atoms with E-state index in [0.29, 0.717) is 39.7 Å². The van der Waals surface area contributed by atoms with Crippen molar-refractivity contribution >= 4 is 40.0 Å². The van der Waals surface area contributed by atoms with Gasteiger partial charge in [0.2, 0.25) is 0 Å². The maximum atomic E-state index is 5.25. The molecule has 0 radical (unpaired) electrons. The minimum atomic E-state index is 0.540. The van der Waals surface area contributed by atoms with Crippen LogP contribution in [0.5, 0.6) is 5.75 Å². The van der Waals surface area contributed by atoms with Gasteiger partial charge in [0.15, 0.2) is 28.3 Å². The average molecular weight is 517 g/mol. The lowest BCUT2D eigenvalue weighted by Crippen LogP contribution is -2.06. The average Bonchev–Trinajstić information content (AvgIpc) is 3.56. The van der Waals surface area contributed by atoms with Crippen LogP contribution in [0.25, 0.3) is 11.3 Å². The number of rotatable bonds is 7. The van der Waals surface area contributed by atoms with E-state index in [2.05, 4.69) is 25.9 Å². The van der Waals surface area contributed by atoms with Crippen molar-refractivity contribution in [1.29, 1.82) is 0 Å². The number of ether oxygens (including phenoxy) is 1. The quantitative estimate of drug-likeness (QED) is 0.185. The Hall–Kier alpha value is -5.45. The van der Waals surface area contributed by atoms with Crippen molar-refractivity contribution in [3.8, 4) is 5.75 Å². The van der Waals surface area contributed by atoms with Crippen LogP contribution in [-0.2, 0) is 0 Å². The highest BCUT2D eigenvalue weighted by Crippen LogP contribution is 2.29. The van der Waals surface area contributed by atoms with Crippen molar-refractivity contribution in [2.24, 2.45) is 25.6 Å². The standard InChI is InChI=1S/C28H24N10O/c1-18-25(35-32-20-10-6-4-7-11-20)37-27(29-18)24(34-31-22-14-16-23(39-3)17-15-22)28-30-19(2)26(38(28)37)36-33-21-12-8-5-9-13-21/h4-17,31H,1-3H3. The third-order valence-electron chi connectivity index (χ3n) is 6.04. The van der Waals surface area contributed by atoms with Crippen LogP contribution in [0.2, 0.25) is 0 Å². The summed E-state index contributed by atoms with van der Waals surface area (Å²) in [6, 6.07) is 26.6. The van der Waals surface area contributed by atoms with Crippen LogP contribution in [0.3, 0.4) is 0 Å². The Kier molecular flexibility index (Phi) is 6.21. The fourth-order valence-electron chi connectivity index (χ4n) is 4.12. The van der Waals surface area contributed by atoms with Gasteiger partial charge >= 0.3 is 0 Å². The maximum absolute atomic E-state index is 5.25. The second-order valence-electron chi connectivity index (χ2n) is 8.68. The molecule has 0 fully saturated rings. The van der Waals surface area contributed by atoms with Crippen LogP contribution in [0, 0.1) is 13.8 Å². The Bertz CT molecular complexity index is 1760.